The maximum Gasteiger partial charge on any atom is 0.573 e. The van der Waals surface area contributed by atoms with Crippen LogP contribution in [0.15, 0.2) is 18.2 Å². The third-order valence-corrected chi connectivity index (χ3v) is 3.87. The molecule has 0 aromatic heterocycles. The number of carbonyl (C=O) groups is 1. The Kier molecular flexibility index (Phi) is 10.2. The molecule has 0 unspecified atom stereocenters. The molecule has 1 aromatic carbocycles. The van der Waals surface area contributed by atoms with Gasteiger partial charge in [-0.05, 0) is 58.2 Å². The van der Waals surface area contributed by atoms with Crippen LogP contribution in [0.1, 0.15) is 46.1 Å². The Balaban J connectivity index is 2.77. The van der Waals surface area contributed by atoms with E-state index in [0.717, 1.165) is 6.07 Å². The lowest BCUT2D eigenvalue weighted by atomic mass is 10.2. The van der Waals surface area contributed by atoms with Crippen molar-refractivity contribution < 1.29 is 37.3 Å². The number of hydrogen-bond acceptors (Lipinski definition) is 5. The van der Waals surface area contributed by atoms with Gasteiger partial charge in [0, 0.05) is 19.7 Å². The highest BCUT2D eigenvalue weighted by molar-refractivity contribution is 6.32. The molecule has 30 heavy (non-hydrogen) atoms. The van der Waals surface area contributed by atoms with Crippen LogP contribution in [-0.4, -0.2) is 53.9 Å². The van der Waals surface area contributed by atoms with E-state index in [1.807, 2.05) is 0 Å². The molecule has 0 saturated carbocycles. The van der Waals surface area contributed by atoms with Crippen molar-refractivity contribution in [2.75, 3.05) is 19.8 Å². The fourth-order valence-electron chi connectivity index (χ4n) is 2.39. The summed E-state index contributed by atoms with van der Waals surface area (Å²) in [5.74, 6) is -0.507. The largest absolute Gasteiger partial charge is 0.573 e. The Labute approximate surface area is 179 Å². The molecule has 0 aliphatic carbocycles. The summed E-state index contributed by atoms with van der Waals surface area (Å²) in [6, 6.07) is 3.85. The van der Waals surface area contributed by atoms with Gasteiger partial charge in [-0.25, -0.2) is 4.79 Å². The third-order valence-electron chi connectivity index (χ3n) is 3.57. The minimum Gasteiger partial charge on any atom is -0.444 e. The molecule has 0 aliphatic rings. The number of hydrogen-bond donors (Lipinski definition) is 1. The highest BCUT2D eigenvalue weighted by atomic mass is 35.5. The molecular weight excluding hydrogens is 427 g/mol. The molecule has 1 amide bonds. The molecule has 1 atom stereocenters. The first kappa shape index (κ1) is 26.3. The summed E-state index contributed by atoms with van der Waals surface area (Å²) in [7, 11) is 0. The number of amides is 1. The van der Waals surface area contributed by atoms with Gasteiger partial charge in [-0.2, -0.15) is 0 Å². The van der Waals surface area contributed by atoms with Crippen LogP contribution in [0.25, 0.3) is 0 Å². The molecule has 6 nitrogen and oxygen atoms in total. The van der Waals surface area contributed by atoms with Gasteiger partial charge in [-0.1, -0.05) is 17.7 Å². The van der Waals surface area contributed by atoms with E-state index in [9.17, 15) is 18.0 Å². The number of aliphatic hydroxyl groups excluding tert-OH is 1. The van der Waals surface area contributed by atoms with Crippen LogP contribution < -0.4 is 4.74 Å². The van der Waals surface area contributed by atoms with Gasteiger partial charge in [-0.3, -0.25) is 0 Å². The predicted molar refractivity (Wildman–Crippen MR) is 107 cm³/mol. The van der Waals surface area contributed by atoms with Crippen molar-refractivity contribution in [3.63, 3.8) is 0 Å². The lowest BCUT2D eigenvalue weighted by Crippen LogP contribution is -2.37. The van der Waals surface area contributed by atoms with E-state index >= 15 is 0 Å². The number of unbranched alkanes of at least 4 members (excludes halogenated alkanes) is 1. The van der Waals surface area contributed by atoms with Crippen molar-refractivity contribution >= 4 is 17.7 Å². The monoisotopic (exact) mass is 455 g/mol. The van der Waals surface area contributed by atoms with Crippen molar-refractivity contribution in [2.45, 2.75) is 65.1 Å². The molecule has 0 fully saturated rings. The van der Waals surface area contributed by atoms with Crippen molar-refractivity contribution in [2.24, 2.45) is 0 Å². The highest BCUT2D eigenvalue weighted by Gasteiger charge is 2.32. The number of halogens is 4. The number of carbonyl (C=O) groups excluding carboxylic acids is 1. The van der Waals surface area contributed by atoms with Gasteiger partial charge in [0.05, 0.1) is 17.7 Å². The Bertz CT molecular complexity index is 677. The second kappa shape index (κ2) is 11.6. The maximum atomic E-state index is 12.5. The van der Waals surface area contributed by atoms with Crippen LogP contribution in [0.5, 0.6) is 5.75 Å². The quantitative estimate of drug-likeness (QED) is 0.494. The fraction of sp³-hybridized carbons (Fsp3) is 0.650. The normalized spacial score (nSPS) is 13.1. The Hall–Kier alpha value is -1.71. The van der Waals surface area contributed by atoms with Crippen molar-refractivity contribution in [1.29, 1.82) is 0 Å². The van der Waals surface area contributed by atoms with Crippen LogP contribution in [0.2, 0.25) is 5.02 Å². The van der Waals surface area contributed by atoms with Gasteiger partial charge in [0.25, 0.3) is 0 Å². The molecular formula is C20H29ClF3NO5. The van der Waals surface area contributed by atoms with Crippen LogP contribution in [0.4, 0.5) is 18.0 Å². The first-order valence-electron chi connectivity index (χ1n) is 9.55. The van der Waals surface area contributed by atoms with Gasteiger partial charge in [0.2, 0.25) is 0 Å². The standard InChI is InChI=1S/C20H29ClF3NO5/c1-14(26)13-28-10-6-5-9-25(18(27)30-19(2,3)4)12-15-7-8-17(16(21)11-15)29-20(22,23)24/h7-8,11,14,26H,5-6,9-10,12-13H2,1-4H3/t14-/m1/s1. The third kappa shape index (κ3) is 11.5. The lowest BCUT2D eigenvalue weighted by molar-refractivity contribution is -0.274. The zero-order chi connectivity index (χ0) is 22.9. The summed E-state index contributed by atoms with van der Waals surface area (Å²) in [5.41, 5.74) is -0.164. The van der Waals surface area contributed by atoms with E-state index in [1.54, 1.807) is 27.7 Å². The zero-order valence-corrected chi connectivity index (χ0v) is 18.3. The second-order valence-corrected chi connectivity index (χ2v) is 8.25. The van der Waals surface area contributed by atoms with Gasteiger partial charge < -0.3 is 24.2 Å². The summed E-state index contributed by atoms with van der Waals surface area (Å²) in [6.45, 7) is 7.98. The lowest BCUT2D eigenvalue weighted by Gasteiger charge is -2.27. The summed E-state index contributed by atoms with van der Waals surface area (Å²) < 4.78 is 51.7. The van der Waals surface area contributed by atoms with Gasteiger partial charge in [0.15, 0.2) is 0 Å². The predicted octanol–water partition coefficient (Wildman–Crippen LogP) is 5.15. The van der Waals surface area contributed by atoms with Gasteiger partial charge in [0.1, 0.15) is 11.4 Å². The van der Waals surface area contributed by atoms with Gasteiger partial charge >= 0.3 is 12.5 Å². The molecule has 172 valence electrons. The molecule has 0 spiro atoms. The first-order chi connectivity index (χ1) is 13.8. The van der Waals surface area contributed by atoms with Gasteiger partial charge in [-0.15, -0.1) is 13.2 Å². The van der Waals surface area contributed by atoms with Crippen LogP contribution in [0, 0.1) is 0 Å². The molecule has 0 aliphatic heterocycles. The smallest absolute Gasteiger partial charge is 0.444 e. The molecule has 1 N–H and O–H groups in total. The van der Waals surface area contributed by atoms with E-state index < -0.39 is 29.9 Å². The Morgan fingerprint density at radius 3 is 2.43 bits per heavy atom. The topological polar surface area (TPSA) is 68.2 Å². The van der Waals surface area contributed by atoms with E-state index in [-0.39, 0.29) is 18.2 Å². The molecule has 0 bridgehead atoms. The molecule has 0 heterocycles. The minimum absolute atomic E-state index is 0.107. The maximum absolute atomic E-state index is 12.5. The SMILES string of the molecule is C[C@@H](O)COCCCCN(Cc1ccc(OC(F)(F)F)c(Cl)c1)C(=O)OC(C)(C)C. The summed E-state index contributed by atoms with van der Waals surface area (Å²) in [5, 5.41) is 8.96. The summed E-state index contributed by atoms with van der Waals surface area (Å²) in [6.07, 6.45) is -4.66. The van der Waals surface area contributed by atoms with Crippen molar-refractivity contribution in [3.05, 3.63) is 28.8 Å². The van der Waals surface area contributed by atoms with Crippen LogP contribution in [0.3, 0.4) is 0 Å². The minimum atomic E-state index is -4.84. The molecule has 10 heteroatoms. The number of nitrogens with zero attached hydrogens (tertiary/aromatic N) is 1. The average Bonchev–Trinajstić information content (AvgIpc) is 2.56. The zero-order valence-electron chi connectivity index (χ0n) is 17.6. The van der Waals surface area contributed by atoms with Crippen LogP contribution in [-0.2, 0) is 16.0 Å². The molecule has 0 saturated heterocycles. The van der Waals surface area contributed by atoms with Crippen molar-refractivity contribution in [1.82, 2.24) is 4.90 Å². The van der Waals surface area contributed by atoms with E-state index in [2.05, 4.69) is 4.74 Å². The second-order valence-electron chi connectivity index (χ2n) is 7.85. The first-order valence-corrected chi connectivity index (χ1v) is 9.92. The average molecular weight is 456 g/mol. The fourth-order valence-corrected chi connectivity index (χ4v) is 2.63. The number of rotatable bonds is 10. The summed E-state index contributed by atoms with van der Waals surface area (Å²) >= 11 is 5.90. The van der Waals surface area contributed by atoms with E-state index in [4.69, 9.17) is 26.2 Å². The number of aliphatic hydroxyl groups is 1. The van der Waals surface area contributed by atoms with Crippen LogP contribution >= 0.6 is 11.6 Å². The molecule has 1 aromatic rings. The highest BCUT2D eigenvalue weighted by Crippen LogP contribution is 2.31. The Morgan fingerprint density at radius 1 is 1.23 bits per heavy atom. The summed E-state index contributed by atoms with van der Waals surface area (Å²) in [4.78, 5) is 14.0. The molecule has 0 radical (unpaired) electrons. The van der Waals surface area contributed by atoms with E-state index in [0.29, 0.717) is 31.6 Å². The molecule has 1 rings (SSSR count). The number of ether oxygens (including phenoxy) is 3. The van der Waals surface area contributed by atoms with Crippen molar-refractivity contribution in [3.8, 4) is 5.75 Å². The Morgan fingerprint density at radius 2 is 1.90 bits per heavy atom. The number of alkyl halides is 3. The van der Waals surface area contributed by atoms with E-state index in [1.165, 1.54) is 17.0 Å². The number of benzene rings is 1.